The molecule has 0 aromatic heterocycles. The molecular formula is C13H23NO3. The molecule has 0 spiro atoms. The van der Waals surface area contributed by atoms with Crippen LogP contribution in [-0.2, 0) is 4.79 Å². The summed E-state index contributed by atoms with van der Waals surface area (Å²) in [6.07, 6.45) is 3.88. The van der Waals surface area contributed by atoms with Crippen LogP contribution in [0.5, 0.6) is 0 Å². The molecule has 0 aromatic rings. The van der Waals surface area contributed by atoms with E-state index >= 15 is 0 Å². The number of hydrogen-bond donors (Lipinski definition) is 2. The number of piperidine rings is 2. The molecule has 4 nitrogen and oxygen atoms in total. The van der Waals surface area contributed by atoms with Crippen molar-refractivity contribution in [3.63, 3.8) is 0 Å². The Hall–Kier alpha value is -0.610. The van der Waals surface area contributed by atoms with Crippen molar-refractivity contribution in [2.45, 2.75) is 50.7 Å². The number of rotatable bonds is 4. The summed E-state index contributed by atoms with van der Waals surface area (Å²) in [5, 5.41) is 19.5. The van der Waals surface area contributed by atoms with Gasteiger partial charge in [-0.1, -0.05) is 6.92 Å². The molecule has 3 fully saturated rings. The van der Waals surface area contributed by atoms with Crippen LogP contribution in [0, 0.1) is 11.8 Å². The Labute approximate surface area is 103 Å². The quantitative estimate of drug-likeness (QED) is 0.779. The summed E-state index contributed by atoms with van der Waals surface area (Å²) in [5.41, 5.74) is -0.621. The first kappa shape index (κ1) is 12.8. The summed E-state index contributed by atoms with van der Waals surface area (Å²) in [4.78, 5) is 13.0. The minimum Gasteiger partial charge on any atom is -0.481 e. The fourth-order valence-corrected chi connectivity index (χ4v) is 3.70. The molecule has 2 heterocycles. The first-order valence-corrected chi connectivity index (χ1v) is 6.55. The number of carboxylic acid groups (broad SMARTS) is 1. The molecule has 4 atom stereocenters. The van der Waals surface area contributed by atoms with Gasteiger partial charge in [0.25, 0.3) is 0 Å². The van der Waals surface area contributed by atoms with E-state index in [2.05, 4.69) is 11.9 Å². The summed E-state index contributed by atoms with van der Waals surface area (Å²) in [6, 6.07) is 0.488. The van der Waals surface area contributed by atoms with Crippen LogP contribution in [-0.4, -0.2) is 46.3 Å². The van der Waals surface area contributed by atoms with Crippen molar-refractivity contribution in [2.75, 3.05) is 13.6 Å². The zero-order valence-electron chi connectivity index (χ0n) is 10.7. The number of aliphatic carboxylic acids is 1. The summed E-state index contributed by atoms with van der Waals surface area (Å²) in [5.74, 6) is -0.380. The van der Waals surface area contributed by atoms with Crippen LogP contribution >= 0.6 is 0 Å². The van der Waals surface area contributed by atoms with Gasteiger partial charge in [-0.25, -0.2) is 0 Å². The van der Waals surface area contributed by atoms with Crippen LogP contribution in [0.25, 0.3) is 0 Å². The summed E-state index contributed by atoms with van der Waals surface area (Å²) >= 11 is 0. The Morgan fingerprint density at radius 3 is 2.71 bits per heavy atom. The predicted octanol–water partition coefficient (Wildman–Crippen LogP) is 1.33. The molecule has 2 N–H and O–H groups in total. The van der Waals surface area contributed by atoms with Gasteiger partial charge in [-0.3, -0.25) is 4.79 Å². The molecule has 4 heteroatoms. The highest BCUT2D eigenvalue weighted by Gasteiger charge is 2.48. The van der Waals surface area contributed by atoms with Gasteiger partial charge >= 0.3 is 5.97 Å². The van der Waals surface area contributed by atoms with Crippen molar-refractivity contribution in [3.8, 4) is 0 Å². The maximum atomic E-state index is 10.7. The second-order valence-electron chi connectivity index (χ2n) is 6.08. The minimum absolute atomic E-state index is 0.0576. The van der Waals surface area contributed by atoms with Gasteiger partial charge in [-0.2, -0.15) is 0 Å². The Bertz CT molecular complexity index is 307. The third kappa shape index (κ3) is 2.63. The van der Waals surface area contributed by atoms with E-state index < -0.39 is 11.6 Å². The Kier molecular flexibility index (Phi) is 3.46. The molecule has 0 amide bonds. The molecule has 2 aliphatic heterocycles. The molecule has 0 aromatic carbocycles. The molecule has 2 saturated heterocycles. The molecule has 1 aliphatic carbocycles. The van der Waals surface area contributed by atoms with E-state index in [1.165, 1.54) is 6.42 Å². The lowest BCUT2D eigenvalue weighted by atomic mass is 9.66. The van der Waals surface area contributed by atoms with Gasteiger partial charge in [0, 0.05) is 24.9 Å². The second kappa shape index (κ2) is 4.58. The molecule has 17 heavy (non-hydrogen) atoms. The molecule has 1 saturated carbocycles. The van der Waals surface area contributed by atoms with E-state index in [9.17, 15) is 9.90 Å². The number of carbonyl (C=O) groups is 1. The van der Waals surface area contributed by atoms with Crippen molar-refractivity contribution in [3.05, 3.63) is 0 Å². The molecule has 3 rings (SSSR count). The third-order valence-corrected chi connectivity index (χ3v) is 4.55. The van der Waals surface area contributed by atoms with E-state index in [0.29, 0.717) is 18.4 Å². The zero-order valence-corrected chi connectivity index (χ0v) is 10.7. The molecule has 2 bridgehead atoms. The Morgan fingerprint density at radius 1 is 1.53 bits per heavy atom. The maximum absolute atomic E-state index is 10.7. The largest absolute Gasteiger partial charge is 0.481 e. The van der Waals surface area contributed by atoms with Gasteiger partial charge in [0.05, 0.1) is 5.60 Å². The van der Waals surface area contributed by atoms with Gasteiger partial charge in [0.2, 0.25) is 0 Å². The van der Waals surface area contributed by atoms with Crippen LogP contribution in [0.3, 0.4) is 0 Å². The number of nitrogens with zero attached hydrogens (tertiary/aromatic N) is 1. The maximum Gasteiger partial charge on any atom is 0.303 e. The first-order valence-electron chi connectivity index (χ1n) is 6.55. The molecule has 0 radical (unpaired) electrons. The third-order valence-electron chi connectivity index (χ3n) is 4.55. The van der Waals surface area contributed by atoms with E-state index in [1.807, 2.05) is 6.92 Å². The van der Waals surface area contributed by atoms with Gasteiger partial charge in [-0.15, -0.1) is 0 Å². The SMILES string of the molecule is C[C@H](CC(=O)O)C[C@@]1(O)C[C@@H]2CC[C@H]1CN2C. The fourth-order valence-electron chi connectivity index (χ4n) is 3.70. The van der Waals surface area contributed by atoms with Crippen LogP contribution in [0.4, 0.5) is 0 Å². The van der Waals surface area contributed by atoms with Crippen LogP contribution in [0.2, 0.25) is 0 Å². The summed E-state index contributed by atoms with van der Waals surface area (Å²) in [7, 11) is 2.12. The number of fused-ring (bicyclic) bond motifs is 3. The lowest BCUT2D eigenvalue weighted by Gasteiger charge is -2.53. The van der Waals surface area contributed by atoms with E-state index in [0.717, 1.165) is 19.4 Å². The topological polar surface area (TPSA) is 60.8 Å². The molecule has 3 aliphatic rings. The van der Waals surface area contributed by atoms with Gasteiger partial charge < -0.3 is 15.1 Å². The van der Waals surface area contributed by atoms with Gasteiger partial charge in [0.15, 0.2) is 0 Å². The van der Waals surface area contributed by atoms with Crippen LogP contribution in [0.15, 0.2) is 0 Å². The van der Waals surface area contributed by atoms with E-state index in [-0.39, 0.29) is 12.3 Å². The molecule has 98 valence electrons. The standard InChI is InChI=1S/C13H23NO3/c1-9(5-12(15)16)6-13(17)7-11-4-3-10(13)8-14(11)2/h9-11,17H,3-8H2,1-2H3,(H,15,16)/t9-,10+,11+,13-/m1/s1. The Morgan fingerprint density at radius 2 is 2.24 bits per heavy atom. The average molecular weight is 241 g/mol. The molecule has 0 unspecified atom stereocenters. The predicted molar refractivity (Wildman–Crippen MR) is 64.7 cm³/mol. The highest BCUT2D eigenvalue weighted by Crippen LogP contribution is 2.44. The van der Waals surface area contributed by atoms with Crippen LogP contribution in [0.1, 0.15) is 39.0 Å². The highest BCUT2D eigenvalue weighted by atomic mass is 16.4. The summed E-state index contributed by atoms with van der Waals surface area (Å²) < 4.78 is 0. The van der Waals surface area contributed by atoms with E-state index in [1.54, 1.807) is 0 Å². The van der Waals surface area contributed by atoms with Crippen molar-refractivity contribution in [1.29, 1.82) is 0 Å². The normalized spacial score (nSPS) is 39.2. The first-order chi connectivity index (χ1) is 7.90. The monoisotopic (exact) mass is 241 g/mol. The smallest absolute Gasteiger partial charge is 0.303 e. The number of carboxylic acids is 1. The Balaban J connectivity index is 1.98. The lowest BCUT2D eigenvalue weighted by Crippen LogP contribution is -2.59. The van der Waals surface area contributed by atoms with Crippen LogP contribution < -0.4 is 0 Å². The average Bonchev–Trinajstić information content (AvgIpc) is 2.18. The zero-order chi connectivity index (χ0) is 12.6. The van der Waals surface area contributed by atoms with Crippen molar-refractivity contribution in [2.24, 2.45) is 11.8 Å². The fraction of sp³-hybridized carbons (Fsp3) is 0.923. The minimum atomic E-state index is -0.765. The van der Waals surface area contributed by atoms with Gasteiger partial charge in [0.1, 0.15) is 0 Å². The van der Waals surface area contributed by atoms with Gasteiger partial charge in [-0.05, 0) is 38.6 Å². The summed E-state index contributed by atoms with van der Waals surface area (Å²) in [6.45, 7) is 2.89. The lowest BCUT2D eigenvalue weighted by molar-refractivity contribution is -0.143. The molecular weight excluding hydrogens is 218 g/mol. The van der Waals surface area contributed by atoms with E-state index in [4.69, 9.17) is 5.11 Å². The van der Waals surface area contributed by atoms with Crippen molar-refractivity contribution < 1.29 is 15.0 Å². The van der Waals surface area contributed by atoms with Crippen molar-refractivity contribution >= 4 is 5.97 Å². The second-order valence-corrected chi connectivity index (χ2v) is 6.08. The number of aliphatic hydroxyl groups is 1. The number of hydrogen-bond acceptors (Lipinski definition) is 3. The van der Waals surface area contributed by atoms with Crippen molar-refractivity contribution in [1.82, 2.24) is 4.90 Å². The highest BCUT2D eigenvalue weighted by molar-refractivity contribution is 5.66.